The summed E-state index contributed by atoms with van der Waals surface area (Å²) in [4.78, 5) is 16.6. The van der Waals surface area contributed by atoms with Crippen molar-refractivity contribution in [2.75, 3.05) is 37.6 Å². The number of nitrogens with zero attached hydrogens (tertiary/aromatic N) is 2. The molecule has 0 saturated carbocycles. The summed E-state index contributed by atoms with van der Waals surface area (Å²) in [5.41, 5.74) is 2.93. The Morgan fingerprint density at radius 3 is 2.31 bits per heavy atom. The fraction of sp³-hybridized carbons (Fsp3) is 0.286. The van der Waals surface area contributed by atoms with Crippen LogP contribution in [0.5, 0.6) is 0 Å². The number of hydrogen-bond donors (Lipinski definition) is 1. The molecule has 1 amide bonds. The third kappa shape index (κ3) is 4.70. The molecule has 0 aliphatic carbocycles. The van der Waals surface area contributed by atoms with Crippen LogP contribution in [-0.4, -0.2) is 43.5 Å². The Bertz CT molecular complexity index is 735. The number of piperazine rings is 1. The minimum Gasteiger partial charge on any atom is -0.369 e. The van der Waals surface area contributed by atoms with Gasteiger partial charge in [-0.1, -0.05) is 18.2 Å². The van der Waals surface area contributed by atoms with Gasteiger partial charge in [0, 0.05) is 50.5 Å². The first-order valence-corrected chi connectivity index (χ1v) is 8.86. The number of nitrogens with one attached hydrogen (secondary N) is 1. The molecule has 26 heavy (non-hydrogen) atoms. The second kappa shape index (κ2) is 8.63. The van der Waals surface area contributed by atoms with Gasteiger partial charge < -0.3 is 10.2 Å². The monoisotopic (exact) mass is 353 g/mol. The van der Waals surface area contributed by atoms with E-state index in [-0.39, 0.29) is 11.7 Å². The molecule has 3 rings (SSSR count). The zero-order chi connectivity index (χ0) is 18.4. The van der Waals surface area contributed by atoms with E-state index in [1.807, 2.05) is 36.4 Å². The van der Waals surface area contributed by atoms with Gasteiger partial charge in [-0.3, -0.25) is 9.69 Å². The van der Waals surface area contributed by atoms with Gasteiger partial charge in [0.2, 0.25) is 0 Å². The lowest BCUT2D eigenvalue weighted by atomic mass is 10.1. The van der Waals surface area contributed by atoms with E-state index in [2.05, 4.69) is 21.7 Å². The van der Waals surface area contributed by atoms with Crippen LogP contribution in [0.25, 0.3) is 0 Å². The van der Waals surface area contributed by atoms with Crippen molar-refractivity contribution in [3.63, 3.8) is 0 Å². The molecule has 1 aliphatic heterocycles. The highest BCUT2D eigenvalue weighted by Gasteiger charge is 2.17. The molecule has 0 bridgehead atoms. The molecule has 0 unspecified atom stereocenters. The molecule has 1 aliphatic rings. The van der Waals surface area contributed by atoms with Gasteiger partial charge in [-0.15, -0.1) is 6.58 Å². The summed E-state index contributed by atoms with van der Waals surface area (Å²) in [6.07, 6.45) is 1.66. The van der Waals surface area contributed by atoms with Crippen molar-refractivity contribution >= 4 is 11.6 Å². The average Bonchev–Trinajstić information content (AvgIpc) is 2.68. The summed E-state index contributed by atoms with van der Waals surface area (Å²) in [6, 6.07) is 14.4. The van der Waals surface area contributed by atoms with E-state index in [0.29, 0.717) is 12.1 Å². The summed E-state index contributed by atoms with van der Waals surface area (Å²) < 4.78 is 13.0. The molecule has 1 fully saturated rings. The lowest BCUT2D eigenvalue weighted by Crippen LogP contribution is -2.45. The van der Waals surface area contributed by atoms with Crippen molar-refractivity contribution in [1.82, 2.24) is 10.2 Å². The lowest BCUT2D eigenvalue weighted by Gasteiger charge is -2.36. The first-order valence-electron chi connectivity index (χ1n) is 8.86. The Balaban J connectivity index is 1.50. The summed E-state index contributed by atoms with van der Waals surface area (Å²) in [5.74, 6) is -0.279. The van der Waals surface area contributed by atoms with Crippen molar-refractivity contribution in [3.05, 3.63) is 78.1 Å². The SMILES string of the molecule is C=CCNC(=O)c1ccc(CN2CCN(c3ccc(F)cc3)CC2)cc1. The third-order valence-electron chi connectivity index (χ3n) is 4.59. The molecular weight excluding hydrogens is 329 g/mol. The lowest BCUT2D eigenvalue weighted by molar-refractivity contribution is 0.0958. The first-order chi connectivity index (χ1) is 12.7. The second-order valence-electron chi connectivity index (χ2n) is 6.44. The topological polar surface area (TPSA) is 35.6 Å². The Kier molecular flexibility index (Phi) is 6.02. The van der Waals surface area contributed by atoms with E-state index in [9.17, 15) is 9.18 Å². The van der Waals surface area contributed by atoms with E-state index in [0.717, 1.165) is 38.4 Å². The first kappa shape index (κ1) is 18.1. The minimum absolute atomic E-state index is 0.0793. The largest absolute Gasteiger partial charge is 0.369 e. The van der Waals surface area contributed by atoms with E-state index in [4.69, 9.17) is 0 Å². The molecule has 1 N–H and O–H groups in total. The predicted molar refractivity (Wildman–Crippen MR) is 103 cm³/mol. The van der Waals surface area contributed by atoms with Gasteiger partial charge in [0.25, 0.3) is 5.91 Å². The number of carbonyl (C=O) groups excluding carboxylic acids is 1. The standard InChI is InChI=1S/C21H24FN3O/c1-2-11-23-21(26)18-5-3-17(4-6-18)16-24-12-14-25(15-13-24)20-9-7-19(22)8-10-20/h2-10H,1,11-16H2,(H,23,26). The number of amides is 1. The highest BCUT2D eigenvalue weighted by molar-refractivity contribution is 5.94. The molecule has 0 atom stereocenters. The van der Waals surface area contributed by atoms with Gasteiger partial charge in [-0.25, -0.2) is 4.39 Å². The van der Waals surface area contributed by atoms with E-state index >= 15 is 0 Å². The summed E-state index contributed by atoms with van der Waals surface area (Å²) in [6.45, 7) is 8.69. The maximum atomic E-state index is 13.0. The number of rotatable bonds is 6. The van der Waals surface area contributed by atoms with Gasteiger partial charge >= 0.3 is 0 Å². The van der Waals surface area contributed by atoms with Crippen LogP contribution in [0.2, 0.25) is 0 Å². The van der Waals surface area contributed by atoms with Crippen LogP contribution in [0.3, 0.4) is 0 Å². The Labute approximate surface area is 153 Å². The molecule has 1 heterocycles. The van der Waals surface area contributed by atoms with E-state index in [1.54, 1.807) is 6.08 Å². The second-order valence-corrected chi connectivity index (χ2v) is 6.44. The molecule has 2 aromatic rings. The molecule has 0 radical (unpaired) electrons. The molecule has 136 valence electrons. The van der Waals surface area contributed by atoms with Crippen LogP contribution in [0, 0.1) is 5.82 Å². The van der Waals surface area contributed by atoms with Crippen LogP contribution in [-0.2, 0) is 6.54 Å². The number of hydrogen-bond acceptors (Lipinski definition) is 3. The third-order valence-corrected chi connectivity index (χ3v) is 4.59. The predicted octanol–water partition coefficient (Wildman–Crippen LogP) is 3.06. The number of anilines is 1. The van der Waals surface area contributed by atoms with E-state index < -0.39 is 0 Å². The van der Waals surface area contributed by atoms with E-state index in [1.165, 1.54) is 17.7 Å². The van der Waals surface area contributed by atoms with Crippen molar-refractivity contribution in [2.24, 2.45) is 0 Å². The van der Waals surface area contributed by atoms with Crippen LogP contribution in [0.4, 0.5) is 10.1 Å². The molecule has 1 saturated heterocycles. The van der Waals surface area contributed by atoms with Crippen molar-refractivity contribution < 1.29 is 9.18 Å². The number of carbonyl (C=O) groups is 1. The summed E-state index contributed by atoms with van der Waals surface area (Å²) in [5, 5.41) is 2.78. The quantitative estimate of drug-likeness (QED) is 0.811. The summed E-state index contributed by atoms with van der Waals surface area (Å²) in [7, 11) is 0. The number of benzene rings is 2. The van der Waals surface area contributed by atoms with Crippen LogP contribution in [0.15, 0.2) is 61.2 Å². The highest BCUT2D eigenvalue weighted by atomic mass is 19.1. The molecule has 5 heteroatoms. The van der Waals surface area contributed by atoms with Gasteiger partial charge in [-0.2, -0.15) is 0 Å². The zero-order valence-electron chi connectivity index (χ0n) is 14.8. The van der Waals surface area contributed by atoms with Gasteiger partial charge in [0.15, 0.2) is 0 Å². The van der Waals surface area contributed by atoms with Gasteiger partial charge in [-0.05, 0) is 42.0 Å². The van der Waals surface area contributed by atoms with Crippen LogP contribution < -0.4 is 10.2 Å². The van der Waals surface area contributed by atoms with Crippen molar-refractivity contribution in [2.45, 2.75) is 6.54 Å². The maximum Gasteiger partial charge on any atom is 0.251 e. The summed E-state index contributed by atoms with van der Waals surface area (Å²) >= 11 is 0. The molecular formula is C21H24FN3O. The van der Waals surface area contributed by atoms with Gasteiger partial charge in [0.05, 0.1) is 0 Å². The van der Waals surface area contributed by atoms with Gasteiger partial charge in [0.1, 0.15) is 5.82 Å². The minimum atomic E-state index is -0.200. The molecule has 0 spiro atoms. The Morgan fingerprint density at radius 2 is 1.69 bits per heavy atom. The maximum absolute atomic E-state index is 13.0. The fourth-order valence-corrected chi connectivity index (χ4v) is 3.10. The van der Waals surface area contributed by atoms with Crippen LogP contribution in [0.1, 0.15) is 15.9 Å². The molecule has 2 aromatic carbocycles. The Hall–Kier alpha value is -2.66. The fourth-order valence-electron chi connectivity index (χ4n) is 3.10. The molecule has 4 nitrogen and oxygen atoms in total. The van der Waals surface area contributed by atoms with Crippen LogP contribution >= 0.6 is 0 Å². The normalized spacial score (nSPS) is 14.9. The zero-order valence-corrected chi connectivity index (χ0v) is 14.8. The Morgan fingerprint density at radius 1 is 1.04 bits per heavy atom. The highest BCUT2D eigenvalue weighted by Crippen LogP contribution is 2.18. The smallest absolute Gasteiger partial charge is 0.251 e. The average molecular weight is 353 g/mol. The number of halogens is 1. The van der Waals surface area contributed by atoms with Crippen molar-refractivity contribution in [3.8, 4) is 0 Å². The molecule has 0 aromatic heterocycles. The van der Waals surface area contributed by atoms with Crippen molar-refractivity contribution in [1.29, 1.82) is 0 Å².